The smallest absolute Gasteiger partial charge is 0.151 e. The SMILES string of the molecule is N#Cc1ccc(Oc2cc(Br)ccc2N)cc1F. The highest BCUT2D eigenvalue weighted by Gasteiger charge is 2.06. The second-order valence-corrected chi connectivity index (χ2v) is 4.45. The van der Waals surface area contributed by atoms with Crippen LogP contribution < -0.4 is 10.5 Å². The largest absolute Gasteiger partial charge is 0.455 e. The summed E-state index contributed by atoms with van der Waals surface area (Å²) in [6, 6.07) is 10.9. The molecule has 0 aliphatic heterocycles. The van der Waals surface area contributed by atoms with Crippen LogP contribution in [-0.4, -0.2) is 0 Å². The Morgan fingerprint density at radius 2 is 2.00 bits per heavy atom. The van der Waals surface area contributed by atoms with E-state index in [2.05, 4.69) is 15.9 Å². The minimum Gasteiger partial charge on any atom is -0.455 e. The van der Waals surface area contributed by atoms with Crippen LogP contribution >= 0.6 is 15.9 Å². The number of ether oxygens (including phenoxy) is 1. The van der Waals surface area contributed by atoms with Gasteiger partial charge in [0.15, 0.2) is 5.75 Å². The summed E-state index contributed by atoms with van der Waals surface area (Å²) in [5, 5.41) is 8.62. The van der Waals surface area contributed by atoms with Gasteiger partial charge < -0.3 is 10.5 Å². The lowest BCUT2D eigenvalue weighted by molar-refractivity contribution is 0.478. The van der Waals surface area contributed by atoms with Gasteiger partial charge in [-0.2, -0.15) is 5.26 Å². The first kappa shape index (κ1) is 12.4. The van der Waals surface area contributed by atoms with Gasteiger partial charge in [-0.15, -0.1) is 0 Å². The van der Waals surface area contributed by atoms with E-state index < -0.39 is 5.82 Å². The number of rotatable bonds is 2. The number of hydrogen-bond donors (Lipinski definition) is 1. The van der Waals surface area contributed by atoms with E-state index in [4.69, 9.17) is 15.7 Å². The number of benzene rings is 2. The lowest BCUT2D eigenvalue weighted by Crippen LogP contribution is -1.93. The average molecular weight is 307 g/mol. The van der Waals surface area contributed by atoms with Crippen molar-refractivity contribution in [2.75, 3.05) is 5.73 Å². The molecule has 2 aromatic rings. The van der Waals surface area contributed by atoms with Crippen molar-refractivity contribution >= 4 is 21.6 Å². The van der Waals surface area contributed by atoms with E-state index in [1.54, 1.807) is 24.3 Å². The van der Waals surface area contributed by atoms with Crippen LogP contribution in [0.25, 0.3) is 0 Å². The number of hydrogen-bond acceptors (Lipinski definition) is 3. The van der Waals surface area contributed by atoms with Crippen LogP contribution in [0.15, 0.2) is 40.9 Å². The van der Waals surface area contributed by atoms with Crippen molar-refractivity contribution in [3.63, 3.8) is 0 Å². The zero-order chi connectivity index (χ0) is 13.1. The zero-order valence-corrected chi connectivity index (χ0v) is 10.7. The molecule has 0 aliphatic carbocycles. The molecule has 0 fully saturated rings. The maximum atomic E-state index is 13.4. The Labute approximate surface area is 112 Å². The molecule has 0 heterocycles. The molecule has 2 aromatic carbocycles. The Morgan fingerprint density at radius 1 is 1.22 bits per heavy atom. The first-order chi connectivity index (χ1) is 8.60. The highest BCUT2D eigenvalue weighted by molar-refractivity contribution is 9.10. The van der Waals surface area contributed by atoms with Gasteiger partial charge in [-0.05, 0) is 30.3 Å². The quantitative estimate of drug-likeness (QED) is 0.858. The van der Waals surface area contributed by atoms with Gasteiger partial charge in [-0.3, -0.25) is 0 Å². The third-order valence-corrected chi connectivity index (χ3v) is 2.76. The predicted octanol–water partition coefficient (Wildman–Crippen LogP) is 3.83. The average Bonchev–Trinajstić information content (AvgIpc) is 2.34. The number of halogens is 2. The first-order valence-corrected chi connectivity index (χ1v) is 5.82. The molecule has 0 aliphatic rings. The van der Waals surface area contributed by atoms with Gasteiger partial charge in [0, 0.05) is 10.5 Å². The van der Waals surface area contributed by atoms with Gasteiger partial charge in [-0.1, -0.05) is 15.9 Å². The van der Waals surface area contributed by atoms with Crippen molar-refractivity contribution in [1.29, 1.82) is 5.26 Å². The second kappa shape index (κ2) is 5.07. The maximum Gasteiger partial charge on any atom is 0.151 e. The monoisotopic (exact) mass is 306 g/mol. The molecule has 0 bridgehead atoms. The Morgan fingerprint density at radius 3 is 2.67 bits per heavy atom. The number of nitrogens with two attached hydrogens (primary N) is 1. The normalized spacial score (nSPS) is 9.83. The molecule has 18 heavy (non-hydrogen) atoms. The molecule has 0 aromatic heterocycles. The lowest BCUT2D eigenvalue weighted by atomic mass is 10.2. The van der Waals surface area contributed by atoms with Crippen molar-refractivity contribution in [1.82, 2.24) is 0 Å². The van der Waals surface area contributed by atoms with E-state index in [9.17, 15) is 4.39 Å². The van der Waals surface area contributed by atoms with Crippen molar-refractivity contribution in [3.05, 3.63) is 52.3 Å². The molecular weight excluding hydrogens is 299 g/mol. The van der Waals surface area contributed by atoms with Crippen LogP contribution in [0.2, 0.25) is 0 Å². The van der Waals surface area contributed by atoms with Gasteiger partial charge in [0.25, 0.3) is 0 Å². The van der Waals surface area contributed by atoms with Crippen LogP contribution in [0.4, 0.5) is 10.1 Å². The highest BCUT2D eigenvalue weighted by atomic mass is 79.9. The minimum atomic E-state index is -0.622. The van der Waals surface area contributed by atoms with E-state index in [0.717, 1.165) is 10.5 Å². The molecule has 2 rings (SSSR count). The topological polar surface area (TPSA) is 59.0 Å². The molecule has 0 saturated carbocycles. The molecule has 0 radical (unpaired) electrons. The third-order valence-electron chi connectivity index (χ3n) is 2.26. The summed E-state index contributed by atoms with van der Waals surface area (Å²) in [4.78, 5) is 0. The molecule has 3 nitrogen and oxygen atoms in total. The van der Waals surface area contributed by atoms with Crippen molar-refractivity contribution in [2.24, 2.45) is 0 Å². The number of nitrogens with zero attached hydrogens (tertiary/aromatic N) is 1. The van der Waals surface area contributed by atoms with Crippen molar-refractivity contribution < 1.29 is 9.13 Å². The van der Waals surface area contributed by atoms with Gasteiger partial charge >= 0.3 is 0 Å². The fraction of sp³-hybridized carbons (Fsp3) is 0. The Balaban J connectivity index is 2.32. The summed E-state index contributed by atoms with van der Waals surface area (Å²) in [5.41, 5.74) is 6.16. The summed E-state index contributed by atoms with van der Waals surface area (Å²) in [7, 11) is 0. The standard InChI is InChI=1S/C13H8BrFN2O/c14-9-2-4-12(17)13(5-9)18-10-3-1-8(7-16)11(15)6-10/h1-6H,17H2. The second-order valence-electron chi connectivity index (χ2n) is 3.54. The molecule has 0 atom stereocenters. The summed E-state index contributed by atoms with van der Waals surface area (Å²) >= 11 is 3.29. The summed E-state index contributed by atoms with van der Waals surface area (Å²) < 4.78 is 19.7. The molecule has 2 N–H and O–H groups in total. The van der Waals surface area contributed by atoms with Gasteiger partial charge in [0.2, 0.25) is 0 Å². The van der Waals surface area contributed by atoms with Crippen molar-refractivity contribution in [3.8, 4) is 17.6 Å². The van der Waals surface area contributed by atoms with Crippen LogP contribution in [-0.2, 0) is 0 Å². The Hall–Kier alpha value is -2.06. The number of anilines is 1. The maximum absolute atomic E-state index is 13.4. The number of nitrogen functional groups attached to an aromatic ring is 1. The summed E-state index contributed by atoms with van der Waals surface area (Å²) in [6.45, 7) is 0. The third kappa shape index (κ3) is 2.60. The zero-order valence-electron chi connectivity index (χ0n) is 9.15. The molecular formula is C13H8BrFN2O. The fourth-order valence-electron chi connectivity index (χ4n) is 1.37. The van der Waals surface area contributed by atoms with E-state index >= 15 is 0 Å². The summed E-state index contributed by atoms with van der Waals surface area (Å²) in [5.74, 6) is 0.0911. The number of nitriles is 1. The minimum absolute atomic E-state index is 0.0236. The van der Waals surface area contributed by atoms with Gasteiger partial charge in [0.05, 0.1) is 11.3 Å². The van der Waals surface area contributed by atoms with Crippen LogP contribution in [0.1, 0.15) is 5.56 Å². The van der Waals surface area contributed by atoms with E-state index in [1.807, 2.05) is 0 Å². The van der Waals surface area contributed by atoms with Crippen LogP contribution in [0, 0.1) is 17.1 Å². The Kier molecular flexibility index (Phi) is 3.49. The fourth-order valence-corrected chi connectivity index (χ4v) is 1.71. The Bertz CT molecular complexity index is 637. The molecule has 0 unspecified atom stereocenters. The van der Waals surface area contributed by atoms with Gasteiger partial charge in [0.1, 0.15) is 17.6 Å². The summed E-state index contributed by atoms with van der Waals surface area (Å²) in [6.07, 6.45) is 0. The first-order valence-electron chi connectivity index (χ1n) is 5.02. The van der Waals surface area contributed by atoms with E-state index in [1.165, 1.54) is 12.1 Å². The van der Waals surface area contributed by atoms with Crippen LogP contribution in [0.5, 0.6) is 11.5 Å². The van der Waals surface area contributed by atoms with E-state index in [0.29, 0.717) is 11.4 Å². The van der Waals surface area contributed by atoms with E-state index in [-0.39, 0.29) is 11.3 Å². The van der Waals surface area contributed by atoms with Crippen molar-refractivity contribution in [2.45, 2.75) is 0 Å². The van der Waals surface area contributed by atoms with Gasteiger partial charge in [-0.25, -0.2) is 4.39 Å². The molecule has 5 heteroatoms. The molecule has 0 spiro atoms. The highest BCUT2D eigenvalue weighted by Crippen LogP contribution is 2.30. The van der Waals surface area contributed by atoms with Crippen LogP contribution in [0.3, 0.4) is 0 Å². The molecule has 0 amide bonds. The lowest BCUT2D eigenvalue weighted by Gasteiger charge is -2.09. The predicted molar refractivity (Wildman–Crippen MR) is 69.7 cm³/mol. The molecule has 0 saturated heterocycles. The molecule has 90 valence electrons.